The van der Waals surface area contributed by atoms with Gasteiger partial charge in [-0.05, 0) is 50.2 Å². The van der Waals surface area contributed by atoms with Gasteiger partial charge in [0.2, 0.25) is 0 Å². The summed E-state index contributed by atoms with van der Waals surface area (Å²) in [6, 6.07) is 11.9. The molecule has 6 nitrogen and oxygen atoms in total. The first-order valence-corrected chi connectivity index (χ1v) is 9.31. The second-order valence-electron chi connectivity index (χ2n) is 6.81. The SMILES string of the molecule is O=C(NC[C@@H](c1ccco1)N1CCCCC1)c1cc(=O)c2ccccc2o1. The van der Waals surface area contributed by atoms with Crippen LogP contribution in [0.1, 0.15) is 41.6 Å². The lowest BCUT2D eigenvalue weighted by Gasteiger charge is -2.33. The number of benzene rings is 1. The average Bonchev–Trinajstić information content (AvgIpc) is 3.23. The molecule has 0 aliphatic carbocycles. The fourth-order valence-corrected chi connectivity index (χ4v) is 3.61. The van der Waals surface area contributed by atoms with Crippen LogP contribution in [0.25, 0.3) is 11.0 Å². The number of hydrogen-bond donors (Lipinski definition) is 1. The molecule has 1 saturated heterocycles. The molecule has 1 aliphatic heterocycles. The molecule has 2 aromatic heterocycles. The van der Waals surface area contributed by atoms with Crippen LogP contribution in [0.4, 0.5) is 0 Å². The van der Waals surface area contributed by atoms with E-state index in [2.05, 4.69) is 10.2 Å². The molecule has 1 N–H and O–H groups in total. The molecular formula is C21H22N2O4. The highest BCUT2D eigenvalue weighted by Crippen LogP contribution is 2.24. The van der Waals surface area contributed by atoms with Crippen LogP contribution in [-0.4, -0.2) is 30.4 Å². The maximum atomic E-state index is 12.6. The molecule has 1 aliphatic rings. The first-order valence-electron chi connectivity index (χ1n) is 9.31. The Morgan fingerprint density at radius 2 is 1.93 bits per heavy atom. The van der Waals surface area contributed by atoms with Gasteiger partial charge in [-0.2, -0.15) is 0 Å². The van der Waals surface area contributed by atoms with Crippen LogP contribution in [0.15, 0.2) is 62.4 Å². The molecule has 3 aromatic rings. The minimum absolute atomic E-state index is 0.0236. The van der Waals surface area contributed by atoms with E-state index >= 15 is 0 Å². The lowest BCUT2D eigenvalue weighted by molar-refractivity contribution is 0.0888. The molecule has 1 atom stereocenters. The van der Waals surface area contributed by atoms with Crippen LogP contribution in [0.2, 0.25) is 0 Å². The number of fused-ring (bicyclic) bond motifs is 1. The Bertz CT molecular complexity index is 971. The zero-order chi connectivity index (χ0) is 18.6. The first-order chi connectivity index (χ1) is 13.2. The number of likely N-dealkylation sites (tertiary alicyclic amines) is 1. The van der Waals surface area contributed by atoms with Crippen molar-refractivity contribution in [2.75, 3.05) is 19.6 Å². The summed E-state index contributed by atoms with van der Waals surface area (Å²) in [5.41, 5.74) is 0.189. The number of nitrogens with one attached hydrogen (secondary N) is 1. The van der Waals surface area contributed by atoms with Gasteiger partial charge >= 0.3 is 0 Å². The summed E-state index contributed by atoms with van der Waals surface area (Å²) in [5, 5.41) is 3.37. The minimum atomic E-state index is -0.397. The van der Waals surface area contributed by atoms with Crippen molar-refractivity contribution in [1.82, 2.24) is 10.2 Å². The highest BCUT2D eigenvalue weighted by Gasteiger charge is 2.25. The van der Waals surface area contributed by atoms with Crippen molar-refractivity contribution in [2.24, 2.45) is 0 Å². The second-order valence-corrected chi connectivity index (χ2v) is 6.81. The van der Waals surface area contributed by atoms with Crippen LogP contribution in [0.5, 0.6) is 0 Å². The number of carbonyl (C=O) groups excluding carboxylic acids is 1. The third-order valence-corrected chi connectivity index (χ3v) is 5.02. The molecule has 0 radical (unpaired) electrons. The fourth-order valence-electron chi connectivity index (χ4n) is 3.61. The van der Waals surface area contributed by atoms with Crippen molar-refractivity contribution in [3.8, 4) is 0 Å². The predicted molar refractivity (Wildman–Crippen MR) is 102 cm³/mol. The Morgan fingerprint density at radius 3 is 2.70 bits per heavy atom. The van der Waals surface area contributed by atoms with E-state index in [1.54, 1.807) is 30.5 Å². The van der Waals surface area contributed by atoms with Crippen molar-refractivity contribution in [3.05, 3.63) is 70.5 Å². The van der Waals surface area contributed by atoms with Crippen molar-refractivity contribution >= 4 is 16.9 Å². The molecule has 6 heteroatoms. The van der Waals surface area contributed by atoms with Crippen molar-refractivity contribution < 1.29 is 13.6 Å². The van der Waals surface area contributed by atoms with E-state index in [4.69, 9.17) is 8.83 Å². The topological polar surface area (TPSA) is 75.7 Å². The van der Waals surface area contributed by atoms with Gasteiger partial charge < -0.3 is 14.2 Å². The molecule has 27 heavy (non-hydrogen) atoms. The minimum Gasteiger partial charge on any atom is -0.468 e. The van der Waals surface area contributed by atoms with Gasteiger partial charge in [-0.25, -0.2) is 0 Å². The molecule has 1 fully saturated rings. The summed E-state index contributed by atoms with van der Waals surface area (Å²) in [5.74, 6) is 0.458. The van der Waals surface area contributed by atoms with Gasteiger partial charge in [-0.1, -0.05) is 18.6 Å². The molecule has 140 valence electrons. The third-order valence-electron chi connectivity index (χ3n) is 5.02. The van der Waals surface area contributed by atoms with Crippen LogP contribution < -0.4 is 10.7 Å². The Morgan fingerprint density at radius 1 is 1.11 bits per heavy atom. The Hall–Kier alpha value is -2.86. The van der Waals surface area contributed by atoms with Gasteiger partial charge in [-0.15, -0.1) is 0 Å². The van der Waals surface area contributed by atoms with E-state index in [1.807, 2.05) is 12.1 Å². The molecule has 3 heterocycles. The molecule has 0 bridgehead atoms. The van der Waals surface area contributed by atoms with Crippen molar-refractivity contribution in [2.45, 2.75) is 25.3 Å². The van der Waals surface area contributed by atoms with E-state index in [-0.39, 0.29) is 17.2 Å². The van der Waals surface area contributed by atoms with E-state index in [0.717, 1.165) is 31.7 Å². The molecule has 1 amide bonds. The van der Waals surface area contributed by atoms with E-state index in [0.29, 0.717) is 17.5 Å². The fraction of sp³-hybridized carbons (Fsp3) is 0.333. The maximum absolute atomic E-state index is 12.6. The first kappa shape index (κ1) is 17.5. The second kappa shape index (κ2) is 7.80. The van der Waals surface area contributed by atoms with Crippen LogP contribution >= 0.6 is 0 Å². The molecule has 0 saturated carbocycles. The molecular weight excluding hydrogens is 344 g/mol. The quantitative estimate of drug-likeness (QED) is 0.749. The van der Waals surface area contributed by atoms with Gasteiger partial charge in [0.25, 0.3) is 5.91 Å². The summed E-state index contributed by atoms with van der Waals surface area (Å²) in [4.78, 5) is 27.2. The lowest BCUT2D eigenvalue weighted by atomic mass is 10.1. The number of piperidine rings is 1. The van der Waals surface area contributed by atoms with Gasteiger partial charge in [0.05, 0.1) is 17.7 Å². The van der Waals surface area contributed by atoms with Crippen LogP contribution in [0, 0.1) is 0 Å². The van der Waals surface area contributed by atoms with E-state index in [1.165, 1.54) is 12.5 Å². The number of amides is 1. The van der Waals surface area contributed by atoms with Crippen LogP contribution in [0.3, 0.4) is 0 Å². The highest BCUT2D eigenvalue weighted by atomic mass is 16.3. The Balaban J connectivity index is 1.52. The normalized spacial score (nSPS) is 16.3. The summed E-state index contributed by atoms with van der Waals surface area (Å²) in [7, 11) is 0. The number of para-hydroxylation sites is 1. The van der Waals surface area contributed by atoms with E-state index in [9.17, 15) is 9.59 Å². The number of furan rings is 1. The zero-order valence-corrected chi connectivity index (χ0v) is 15.0. The molecule has 1 aromatic carbocycles. The van der Waals surface area contributed by atoms with Crippen molar-refractivity contribution in [3.63, 3.8) is 0 Å². The van der Waals surface area contributed by atoms with Crippen molar-refractivity contribution in [1.29, 1.82) is 0 Å². The Labute approximate surface area is 156 Å². The summed E-state index contributed by atoms with van der Waals surface area (Å²) in [6.45, 7) is 2.35. The van der Waals surface area contributed by atoms with Gasteiger partial charge in [0.15, 0.2) is 11.2 Å². The summed E-state index contributed by atoms with van der Waals surface area (Å²) < 4.78 is 11.2. The van der Waals surface area contributed by atoms with Gasteiger partial charge in [0.1, 0.15) is 11.3 Å². The highest BCUT2D eigenvalue weighted by molar-refractivity contribution is 5.93. The number of nitrogens with zero attached hydrogens (tertiary/aromatic N) is 1. The monoisotopic (exact) mass is 366 g/mol. The number of hydrogen-bond acceptors (Lipinski definition) is 5. The number of carbonyl (C=O) groups is 1. The molecule has 0 spiro atoms. The Kier molecular flexibility index (Phi) is 5.07. The maximum Gasteiger partial charge on any atom is 0.287 e. The standard InChI is InChI=1S/C21H22N2O4/c24-17-13-20(27-18-8-3-2-7-15(17)18)21(25)22-14-16(19-9-6-12-26-19)23-10-4-1-5-11-23/h2-3,6-9,12-13,16H,1,4-5,10-11,14H2,(H,22,25)/t16-/m0/s1. The predicted octanol–water partition coefficient (Wildman–Crippen LogP) is 3.34. The van der Waals surface area contributed by atoms with Crippen LogP contribution in [-0.2, 0) is 0 Å². The van der Waals surface area contributed by atoms with Gasteiger partial charge in [0, 0.05) is 12.6 Å². The van der Waals surface area contributed by atoms with E-state index < -0.39 is 5.91 Å². The van der Waals surface area contributed by atoms with Gasteiger partial charge in [-0.3, -0.25) is 14.5 Å². The average molecular weight is 366 g/mol. The summed E-state index contributed by atoms with van der Waals surface area (Å²) in [6.07, 6.45) is 5.17. The third kappa shape index (κ3) is 3.80. The summed E-state index contributed by atoms with van der Waals surface area (Å²) >= 11 is 0. The zero-order valence-electron chi connectivity index (χ0n) is 15.0. The molecule has 4 rings (SSSR count). The largest absolute Gasteiger partial charge is 0.468 e. The number of rotatable bonds is 5. The smallest absolute Gasteiger partial charge is 0.287 e. The molecule has 0 unspecified atom stereocenters. The lowest BCUT2D eigenvalue weighted by Crippen LogP contribution is -2.40.